The first-order valence-corrected chi connectivity index (χ1v) is 10.1. The van der Waals surface area contributed by atoms with Crippen LogP contribution in [-0.2, 0) is 0 Å². The maximum Gasteiger partial charge on any atom is 0.0656 e. The van der Waals surface area contributed by atoms with E-state index in [1.807, 2.05) is 11.3 Å². The molecule has 0 bridgehead atoms. The summed E-state index contributed by atoms with van der Waals surface area (Å²) in [5.41, 5.74) is 5.04. The molecule has 0 aliphatic rings. The molecule has 0 fully saturated rings. The highest BCUT2D eigenvalue weighted by Crippen LogP contribution is 2.41. The Kier molecular flexibility index (Phi) is 3.68. The van der Waals surface area contributed by atoms with Crippen molar-refractivity contribution < 1.29 is 0 Å². The van der Waals surface area contributed by atoms with Crippen molar-refractivity contribution in [2.75, 3.05) is 0 Å². The van der Waals surface area contributed by atoms with Crippen LogP contribution >= 0.6 is 33.9 Å². The van der Waals surface area contributed by atoms with Crippen LogP contribution in [0.5, 0.6) is 0 Å². The topological polar surface area (TPSA) is 31.6 Å². The van der Waals surface area contributed by atoms with Gasteiger partial charge in [0.1, 0.15) is 0 Å². The predicted octanol–water partition coefficient (Wildman–Crippen LogP) is 6.50. The molecule has 0 radical (unpaired) electrons. The molecule has 5 aromatic rings. The third-order valence-corrected chi connectivity index (χ3v) is 6.70. The van der Waals surface area contributed by atoms with Crippen molar-refractivity contribution in [2.45, 2.75) is 5.92 Å². The predicted molar refractivity (Wildman–Crippen MR) is 115 cm³/mol. The lowest BCUT2D eigenvalue weighted by Gasteiger charge is -2.15. The highest BCUT2D eigenvalue weighted by Gasteiger charge is 2.24. The summed E-state index contributed by atoms with van der Waals surface area (Å²) in [4.78, 5) is 8.27. The van der Waals surface area contributed by atoms with Crippen molar-refractivity contribution in [1.29, 1.82) is 0 Å². The van der Waals surface area contributed by atoms with Gasteiger partial charge in [-0.2, -0.15) is 0 Å². The summed E-state index contributed by atoms with van der Waals surface area (Å²) in [5, 5.41) is 2.59. The SMILES string of the molecule is Ic1ccc(C(c2c[nH]c3ccccc23)c2c[nH]c3ccccc23)s1. The Bertz CT molecular complexity index is 1110. The Morgan fingerprint density at radius 1 is 0.720 bits per heavy atom. The Balaban J connectivity index is 1.80. The standard InChI is InChI=1S/C21H15IN2S/c22-20-10-9-19(25-20)21(15-11-23-17-7-3-1-5-13(15)17)16-12-24-18-8-4-2-6-14(16)18/h1-12,21,23-24H. The largest absolute Gasteiger partial charge is 0.361 e. The van der Waals surface area contributed by atoms with Crippen LogP contribution in [0.2, 0.25) is 0 Å². The molecule has 0 spiro atoms. The smallest absolute Gasteiger partial charge is 0.0656 e. The van der Waals surface area contributed by atoms with Crippen LogP contribution in [0, 0.1) is 2.88 Å². The fourth-order valence-corrected chi connectivity index (χ4v) is 5.43. The van der Waals surface area contributed by atoms with E-state index < -0.39 is 0 Å². The highest BCUT2D eigenvalue weighted by atomic mass is 127. The summed E-state index contributed by atoms with van der Waals surface area (Å²) in [6.07, 6.45) is 4.34. The molecular weight excluding hydrogens is 439 g/mol. The third kappa shape index (κ3) is 2.51. The number of hydrogen-bond donors (Lipinski definition) is 2. The molecule has 4 heteroatoms. The minimum atomic E-state index is 0.223. The summed E-state index contributed by atoms with van der Waals surface area (Å²) < 4.78 is 1.32. The number of aromatic amines is 2. The van der Waals surface area contributed by atoms with Gasteiger partial charge in [0.15, 0.2) is 0 Å². The first kappa shape index (κ1) is 15.2. The number of nitrogens with one attached hydrogen (secondary N) is 2. The van der Waals surface area contributed by atoms with Crippen molar-refractivity contribution in [3.63, 3.8) is 0 Å². The van der Waals surface area contributed by atoms with E-state index in [1.165, 1.54) is 40.7 Å². The van der Waals surface area contributed by atoms with Crippen molar-refractivity contribution in [1.82, 2.24) is 9.97 Å². The molecule has 25 heavy (non-hydrogen) atoms. The fraction of sp³-hybridized carbons (Fsp3) is 0.0476. The van der Waals surface area contributed by atoms with Gasteiger partial charge >= 0.3 is 0 Å². The van der Waals surface area contributed by atoms with Crippen LogP contribution in [0.25, 0.3) is 21.8 Å². The lowest BCUT2D eigenvalue weighted by atomic mass is 9.89. The minimum absolute atomic E-state index is 0.223. The number of benzene rings is 2. The Hall–Kier alpha value is -2.05. The number of hydrogen-bond acceptors (Lipinski definition) is 1. The van der Waals surface area contributed by atoms with Crippen LogP contribution in [0.3, 0.4) is 0 Å². The van der Waals surface area contributed by atoms with E-state index in [4.69, 9.17) is 0 Å². The van der Waals surface area contributed by atoms with Crippen LogP contribution in [0.4, 0.5) is 0 Å². The average molecular weight is 454 g/mol. The fourth-order valence-electron chi connectivity index (χ4n) is 3.62. The monoisotopic (exact) mass is 454 g/mol. The molecule has 0 saturated carbocycles. The number of aromatic nitrogens is 2. The highest BCUT2D eigenvalue weighted by molar-refractivity contribution is 14.1. The van der Waals surface area contributed by atoms with Crippen LogP contribution < -0.4 is 0 Å². The van der Waals surface area contributed by atoms with Gasteiger partial charge in [-0.15, -0.1) is 11.3 Å². The van der Waals surface area contributed by atoms with E-state index in [0.29, 0.717) is 0 Å². The second kappa shape index (κ2) is 6.04. The summed E-state index contributed by atoms with van der Waals surface area (Å²) in [6, 6.07) is 21.6. The first-order valence-electron chi connectivity index (χ1n) is 8.18. The van der Waals surface area contributed by atoms with Crippen molar-refractivity contribution in [3.8, 4) is 0 Å². The molecule has 0 saturated heterocycles. The van der Waals surface area contributed by atoms with Gasteiger partial charge in [0.25, 0.3) is 0 Å². The van der Waals surface area contributed by atoms with Gasteiger partial charge in [-0.25, -0.2) is 0 Å². The average Bonchev–Trinajstić information content (AvgIpc) is 3.36. The minimum Gasteiger partial charge on any atom is -0.361 e. The van der Waals surface area contributed by atoms with E-state index >= 15 is 0 Å². The second-order valence-corrected chi connectivity index (χ2v) is 9.16. The molecule has 122 valence electrons. The molecular formula is C21H15IN2S. The zero-order valence-electron chi connectivity index (χ0n) is 13.3. The summed E-state index contributed by atoms with van der Waals surface area (Å²) in [7, 11) is 0. The molecule has 0 unspecified atom stereocenters. The van der Waals surface area contributed by atoms with Gasteiger partial charge in [0, 0.05) is 45.0 Å². The number of thiophene rings is 1. The van der Waals surface area contributed by atoms with E-state index in [2.05, 4.69) is 106 Å². The Labute approximate surface area is 163 Å². The summed E-state index contributed by atoms with van der Waals surface area (Å²) in [5.74, 6) is 0.223. The van der Waals surface area contributed by atoms with Gasteiger partial charge in [-0.05, 0) is 58.0 Å². The van der Waals surface area contributed by atoms with E-state index in [-0.39, 0.29) is 5.92 Å². The number of H-pyrrole nitrogens is 2. The lowest BCUT2D eigenvalue weighted by Crippen LogP contribution is -2.00. The lowest BCUT2D eigenvalue weighted by molar-refractivity contribution is 1.03. The van der Waals surface area contributed by atoms with Crippen LogP contribution in [0.1, 0.15) is 21.9 Å². The number of para-hydroxylation sites is 2. The molecule has 3 aromatic heterocycles. The van der Waals surface area contributed by atoms with Gasteiger partial charge in [0.2, 0.25) is 0 Å². The van der Waals surface area contributed by atoms with E-state index in [1.54, 1.807) is 0 Å². The van der Waals surface area contributed by atoms with Gasteiger partial charge in [-0.1, -0.05) is 36.4 Å². The molecule has 2 aromatic carbocycles. The molecule has 0 aliphatic carbocycles. The summed E-state index contributed by atoms with van der Waals surface area (Å²) in [6.45, 7) is 0. The maximum atomic E-state index is 3.45. The summed E-state index contributed by atoms with van der Waals surface area (Å²) >= 11 is 4.28. The second-order valence-electron chi connectivity index (χ2n) is 6.15. The zero-order chi connectivity index (χ0) is 16.8. The quantitative estimate of drug-likeness (QED) is 0.292. The van der Waals surface area contributed by atoms with Crippen molar-refractivity contribution >= 4 is 55.7 Å². The van der Waals surface area contributed by atoms with Crippen LogP contribution in [-0.4, -0.2) is 9.97 Å². The van der Waals surface area contributed by atoms with Crippen LogP contribution in [0.15, 0.2) is 73.1 Å². The number of fused-ring (bicyclic) bond motifs is 2. The van der Waals surface area contributed by atoms with Gasteiger partial charge < -0.3 is 9.97 Å². The molecule has 2 nitrogen and oxygen atoms in total. The number of rotatable bonds is 3. The third-order valence-electron chi connectivity index (χ3n) is 4.74. The molecule has 5 rings (SSSR count). The molecule has 0 atom stereocenters. The van der Waals surface area contributed by atoms with E-state index in [0.717, 1.165) is 0 Å². The Morgan fingerprint density at radius 2 is 1.28 bits per heavy atom. The molecule has 2 N–H and O–H groups in total. The molecule has 3 heterocycles. The zero-order valence-corrected chi connectivity index (χ0v) is 16.3. The van der Waals surface area contributed by atoms with Crippen molar-refractivity contribution in [3.05, 3.63) is 91.9 Å². The molecule has 0 amide bonds. The molecule has 0 aliphatic heterocycles. The normalized spacial score (nSPS) is 11.8. The first-order chi connectivity index (χ1) is 12.3. The maximum absolute atomic E-state index is 3.45. The Morgan fingerprint density at radius 3 is 1.80 bits per heavy atom. The number of halogens is 1. The van der Waals surface area contributed by atoms with E-state index in [9.17, 15) is 0 Å². The van der Waals surface area contributed by atoms with Gasteiger partial charge in [0.05, 0.1) is 2.88 Å². The van der Waals surface area contributed by atoms with Crippen molar-refractivity contribution in [2.24, 2.45) is 0 Å². The van der Waals surface area contributed by atoms with Gasteiger partial charge in [-0.3, -0.25) is 0 Å².